The Kier molecular flexibility index (Phi) is 7.29. The monoisotopic (exact) mass is 186 g/mol. The van der Waals surface area contributed by atoms with Gasteiger partial charge >= 0.3 is 0 Å². The number of nitrogens with one attached hydrogen (secondary N) is 2. The van der Waals surface area contributed by atoms with Crippen LogP contribution in [0.1, 0.15) is 40.0 Å². The summed E-state index contributed by atoms with van der Waals surface area (Å²) < 4.78 is 0. The molecular weight excluding hydrogens is 160 g/mol. The van der Waals surface area contributed by atoms with Gasteiger partial charge in [-0.25, -0.2) is 0 Å². The predicted molar refractivity (Wildman–Crippen MR) is 60.1 cm³/mol. The minimum atomic E-state index is 0.422. The Morgan fingerprint density at radius 2 is 1.54 bits per heavy atom. The quantitative estimate of drug-likeness (QED) is 0.594. The van der Waals surface area contributed by atoms with Gasteiger partial charge in [0.2, 0.25) is 0 Å². The van der Waals surface area contributed by atoms with Gasteiger partial charge in [0, 0.05) is 0 Å². The van der Waals surface area contributed by atoms with Crippen LogP contribution in [0.25, 0.3) is 0 Å². The first-order valence-corrected chi connectivity index (χ1v) is 5.41. The largest absolute Gasteiger partial charge is 0.320 e. The van der Waals surface area contributed by atoms with Crippen LogP contribution in [0.4, 0.5) is 0 Å². The lowest BCUT2D eigenvalue weighted by molar-refractivity contribution is 0.377. The molecule has 0 aliphatic heterocycles. The van der Waals surface area contributed by atoms with E-state index in [1.807, 2.05) is 7.05 Å². The molecule has 0 atom stereocenters. The maximum atomic E-state index is 3.48. The zero-order valence-electron chi connectivity index (χ0n) is 9.74. The molecule has 2 heteroatoms. The summed E-state index contributed by atoms with van der Waals surface area (Å²) in [5.41, 5.74) is 0.422. The maximum absolute atomic E-state index is 3.48. The molecule has 0 radical (unpaired) electrons. The van der Waals surface area contributed by atoms with Crippen molar-refractivity contribution in [2.75, 3.05) is 26.7 Å². The number of hydrogen-bond acceptors (Lipinski definition) is 2. The molecule has 0 aliphatic rings. The molecule has 0 heterocycles. The van der Waals surface area contributed by atoms with Crippen LogP contribution in [-0.4, -0.2) is 26.7 Å². The second-order valence-corrected chi connectivity index (χ2v) is 4.90. The molecule has 0 saturated carbocycles. The summed E-state index contributed by atoms with van der Waals surface area (Å²) in [5, 5.41) is 6.64. The van der Waals surface area contributed by atoms with Crippen molar-refractivity contribution in [3.8, 4) is 0 Å². The average molecular weight is 186 g/mol. The lowest BCUT2D eigenvalue weighted by Crippen LogP contribution is -2.27. The van der Waals surface area contributed by atoms with Crippen molar-refractivity contribution in [3.05, 3.63) is 0 Å². The summed E-state index contributed by atoms with van der Waals surface area (Å²) in [6.07, 6.45) is 3.93. The van der Waals surface area contributed by atoms with Crippen LogP contribution in [0.15, 0.2) is 0 Å². The van der Waals surface area contributed by atoms with Gasteiger partial charge in [-0.2, -0.15) is 0 Å². The van der Waals surface area contributed by atoms with Crippen LogP contribution in [-0.2, 0) is 0 Å². The molecule has 0 amide bonds. The van der Waals surface area contributed by atoms with Crippen molar-refractivity contribution in [1.29, 1.82) is 0 Å². The summed E-state index contributed by atoms with van der Waals surface area (Å²) in [5.74, 6) is 0. The molecule has 0 saturated heterocycles. The van der Waals surface area contributed by atoms with Gasteiger partial charge in [0.15, 0.2) is 0 Å². The topological polar surface area (TPSA) is 24.1 Å². The van der Waals surface area contributed by atoms with E-state index >= 15 is 0 Å². The van der Waals surface area contributed by atoms with E-state index in [0.717, 1.165) is 13.1 Å². The number of hydrogen-bond donors (Lipinski definition) is 2. The number of unbranched alkanes of at least 4 members (excludes halogenated alkanes) is 2. The molecule has 0 fully saturated rings. The molecule has 0 aromatic rings. The van der Waals surface area contributed by atoms with Gasteiger partial charge in [-0.15, -0.1) is 0 Å². The van der Waals surface area contributed by atoms with Gasteiger partial charge in [0.05, 0.1) is 0 Å². The Morgan fingerprint density at radius 3 is 2.08 bits per heavy atom. The molecule has 0 rings (SSSR count). The van der Waals surface area contributed by atoms with E-state index < -0.39 is 0 Å². The van der Waals surface area contributed by atoms with Crippen LogP contribution < -0.4 is 10.6 Å². The van der Waals surface area contributed by atoms with E-state index in [-0.39, 0.29) is 0 Å². The molecule has 2 N–H and O–H groups in total. The van der Waals surface area contributed by atoms with Gasteiger partial charge in [0.25, 0.3) is 0 Å². The third-order valence-electron chi connectivity index (χ3n) is 1.94. The molecule has 80 valence electrons. The van der Waals surface area contributed by atoms with Crippen molar-refractivity contribution < 1.29 is 0 Å². The minimum absolute atomic E-state index is 0.422. The second-order valence-electron chi connectivity index (χ2n) is 4.90. The third kappa shape index (κ3) is 11.9. The van der Waals surface area contributed by atoms with E-state index in [4.69, 9.17) is 0 Å². The highest BCUT2D eigenvalue weighted by Gasteiger charge is 2.07. The van der Waals surface area contributed by atoms with Crippen LogP contribution >= 0.6 is 0 Å². The zero-order valence-corrected chi connectivity index (χ0v) is 9.74. The molecule has 13 heavy (non-hydrogen) atoms. The van der Waals surface area contributed by atoms with E-state index in [1.165, 1.54) is 25.8 Å². The fourth-order valence-electron chi connectivity index (χ4n) is 1.19. The fraction of sp³-hybridized carbons (Fsp3) is 1.00. The normalized spacial score (nSPS) is 12.0. The van der Waals surface area contributed by atoms with E-state index in [0.29, 0.717) is 5.41 Å². The highest BCUT2D eigenvalue weighted by Crippen LogP contribution is 2.10. The molecule has 0 bridgehead atoms. The first-order chi connectivity index (χ1) is 6.06. The van der Waals surface area contributed by atoms with E-state index in [1.54, 1.807) is 0 Å². The molecule has 0 unspecified atom stereocenters. The summed E-state index contributed by atoms with van der Waals surface area (Å²) >= 11 is 0. The smallest absolute Gasteiger partial charge is 0.0000126 e. The first kappa shape index (κ1) is 12.9. The summed E-state index contributed by atoms with van der Waals surface area (Å²) in [4.78, 5) is 0. The predicted octanol–water partition coefficient (Wildman–Crippen LogP) is 2.01. The first-order valence-electron chi connectivity index (χ1n) is 5.41. The Balaban J connectivity index is 3.00. The summed E-state index contributed by atoms with van der Waals surface area (Å²) in [6.45, 7) is 10.2. The SMILES string of the molecule is CNCCCCCNCC(C)(C)C. The molecule has 0 aliphatic carbocycles. The van der Waals surface area contributed by atoms with Crippen molar-refractivity contribution in [2.24, 2.45) is 5.41 Å². The summed E-state index contributed by atoms with van der Waals surface area (Å²) in [6, 6.07) is 0. The van der Waals surface area contributed by atoms with Crippen LogP contribution in [0.2, 0.25) is 0 Å². The van der Waals surface area contributed by atoms with Gasteiger partial charge in [0.1, 0.15) is 0 Å². The van der Waals surface area contributed by atoms with Gasteiger partial charge < -0.3 is 10.6 Å². The Hall–Kier alpha value is -0.0800. The van der Waals surface area contributed by atoms with Gasteiger partial charge in [-0.05, 0) is 44.9 Å². The molecular formula is C11H26N2. The van der Waals surface area contributed by atoms with Crippen LogP contribution in [0, 0.1) is 5.41 Å². The summed E-state index contributed by atoms with van der Waals surface area (Å²) in [7, 11) is 2.01. The van der Waals surface area contributed by atoms with Gasteiger partial charge in [-0.1, -0.05) is 27.2 Å². The lowest BCUT2D eigenvalue weighted by atomic mass is 9.97. The second kappa shape index (κ2) is 7.34. The van der Waals surface area contributed by atoms with Crippen molar-refractivity contribution >= 4 is 0 Å². The number of rotatable bonds is 7. The third-order valence-corrected chi connectivity index (χ3v) is 1.94. The average Bonchev–Trinajstić information content (AvgIpc) is 2.01. The highest BCUT2D eigenvalue weighted by atomic mass is 14.9. The Morgan fingerprint density at radius 1 is 0.923 bits per heavy atom. The van der Waals surface area contributed by atoms with Gasteiger partial charge in [-0.3, -0.25) is 0 Å². The van der Waals surface area contributed by atoms with Crippen molar-refractivity contribution in [2.45, 2.75) is 40.0 Å². The molecule has 0 spiro atoms. The zero-order chi connectivity index (χ0) is 10.2. The Bertz CT molecular complexity index is 105. The van der Waals surface area contributed by atoms with Crippen LogP contribution in [0.3, 0.4) is 0 Å². The van der Waals surface area contributed by atoms with E-state index in [2.05, 4.69) is 31.4 Å². The van der Waals surface area contributed by atoms with Crippen molar-refractivity contribution in [1.82, 2.24) is 10.6 Å². The van der Waals surface area contributed by atoms with Crippen LogP contribution in [0.5, 0.6) is 0 Å². The highest BCUT2D eigenvalue weighted by molar-refractivity contribution is 4.64. The maximum Gasteiger partial charge on any atom is -0.0000126 e. The Labute approximate surface area is 83.5 Å². The molecule has 2 nitrogen and oxygen atoms in total. The van der Waals surface area contributed by atoms with E-state index in [9.17, 15) is 0 Å². The van der Waals surface area contributed by atoms with Crippen molar-refractivity contribution in [3.63, 3.8) is 0 Å². The fourth-order valence-corrected chi connectivity index (χ4v) is 1.19. The molecule has 0 aromatic carbocycles. The standard InChI is InChI=1S/C11H26N2/c1-11(2,3)10-13-9-7-5-6-8-12-4/h12-13H,5-10H2,1-4H3. The lowest BCUT2D eigenvalue weighted by Gasteiger charge is -2.18. The molecule has 0 aromatic heterocycles. The minimum Gasteiger partial charge on any atom is -0.320 e.